The number of fused-ring (bicyclic) bond motifs is 1. The maximum Gasteiger partial charge on any atom is 0.161 e. The van der Waals surface area contributed by atoms with Crippen LogP contribution in [0.3, 0.4) is 0 Å². The van der Waals surface area contributed by atoms with Gasteiger partial charge in [0.05, 0.1) is 24.8 Å². The topological polar surface area (TPSA) is 45.5 Å². The molecule has 0 aliphatic heterocycles. The van der Waals surface area contributed by atoms with Crippen molar-refractivity contribution in [1.29, 1.82) is 0 Å². The summed E-state index contributed by atoms with van der Waals surface area (Å²) in [7, 11) is 1.67. The molecule has 0 aliphatic rings. The molecule has 4 aromatic rings. The first-order chi connectivity index (χ1) is 16.7. The minimum atomic E-state index is 0.436. The molecule has 0 radical (unpaired) electrons. The van der Waals surface area contributed by atoms with Crippen molar-refractivity contribution in [2.45, 2.75) is 39.8 Å². The molecule has 0 spiro atoms. The van der Waals surface area contributed by atoms with E-state index in [1.54, 1.807) is 7.11 Å². The van der Waals surface area contributed by atoms with E-state index in [2.05, 4.69) is 35.8 Å². The summed E-state index contributed by atoms with van der Waals surface area (Å²) in [6.07, 6.45) is 5.94. The molecule has 3 aromatic carbocycles. The molecule has 0 bridgehead atoms. The Bertz CT molecular complexity index is 1260. The fourth-order valence-corrected chi connectivity index (χ4v) is 4.00. The van der Waals surface area contributed by atoms with Crippen LogP contribution in [0.2, 0.25) is 0 Å². The number of rotatable bonds is 11. The molecule has 0 atom stereocenters. The van der Waals surface area contributed by atoms with Gasteiger partial charge in [-0.3, -0.25) is 0 Å². The van der Waals surface area contributed by atoms with Crippen LogP contribution in [0, 0.1) is 6.92 Å². The summed E-state index contributed by atoms with van der Waals surface area (Å²) in [5, 5.41) is 0. The summed E-state index contributed by atoms with van der Waals surface area (Å²) in [4.78, 5) is 4.83. The molecule has 5 nitrogen and oxygen atoms in total. The second-order valence-electron chi connectivity index (χ2n) is 8.19. The fourth-order valence-electron chi connectivity index (χ4n) is 4.00. The molecule has 0 saturated heterocycles. The lowest BCUT2D eigenvalue weighted by atomic mass is 10.2. The van der Waals surface area contributed by atoms with Crippen LogP contribution < -0.4 is 14.2 Å². The number of benzene rings is 3. The second-order valence-corrected chi connectivity index (χ2v) is 8.19. The van der Waals surface area contributed by atoms with Crippen LogP contribution in [-0.4, -0.2) is 23.3 Å². The number of methoxy groups -OCH3 is 1. The van der Waals surface area contributed by atoms with E-state index >= 15 is 0 Å². The Morgan fingerprint density at radius 1 is 0.882 bits per heavy atom. The first-order valence-electron chi connectivity index (χ1n) is 11.8. The highest BCUT2D eigenvalue weighted by molar-refractivity contribution is 5.75. The summed E-state index contributed by atoms with van der Waals surface area (Å²) in [6, 6.07) is 22.3. The van der Waals surface area contributed by atoms with Crippen molar-refractivity contribution in [3.8, 4) is 17.2 Å². The van der Waals surface area contributed by atoms with Crippen molar-refractivity contribution in [3.05, 3.63) is 89.8 Å². The minimum absolute atomic E-state index is 0.436. The van der Waals surface area contributed by atoms with Crippen molar-refractivity contribution in [1.82, 2.24) is 9.55 Å². The summed E-state index contributed by atoms with van der Waals surface area (Å²) >= 11 is 0. The summed E-state index contributed by atoms with van der Waals surface area (Å²) in [5.41, 5.74) is 4.34. The monoisotopic (exact) mass is 456 g/mol. The van der Waals surface area contributed by atoms with Crippen molar-refractivity contribution >= 4 is 17.1 Å². The molecule has 1 aromatic heterocycles. The zero-order valence-electron chi connectivity index (χ0n) is 20.2. The molecule has 5 heteroatoms. The number of nitrogens with zero attached hydrogens (tertiary/aromatic N) is 2. The van der Waals surface area contributed by atoms with Gasteiger partial charge in [-0.15, -0.1) is 0 Å². The van der Waals surface area contributed by atoms with E-state index in [9.17, 15) is 0 Å². The highest BCUT2D eigenvalue weighted by Gasteiger charge is 2.12. The average Bonchev–Trinajstić information content (AvgIpc) is 3.21. The first kappa shape index (κ1) is 23.4. The number of hydrogen-bond acceptors (Lipinski definition) is 4. The maximum absolute atomic E-state index is 6.10. The van der Waals surface area contributed by atoms with Gasteiger partial charge in [0.2, 0.25) is 0 Å². The van der Waals surface area contributed by atoms with Crippen LogP contribution in [0.5, 0.6) is 17.2 Å². The highest BCUT2D eigenvalue weighted by atomic mass is 16.5. The van der Waals surface area contributed by atoms with Gasteiger partial charge < -0.3 is 18.8 Å². The normalized spacial score (nSPS) is 11.3. The third-order valence-electron chi connectivity index (χ3n) is 5.76. The Kier molecular flexibility index (Phi) is 7.87. The first-order valence-corrected chi connectivity index (χ1v) is 11.8. The van der Waals surface area contributed by atoms with Crippen molar-refractivity contribution in [2.75, 3.05) is 13.7 Å². The van der Waals surface area contributed by atoms with Gasteiger partial charge in [-0.2, -0.15) is 0 Å². The predicted octanol–water partition coefficient (Wildman–Crippen LogP) is 6.82. The van der Waals surface area contributed by atoms with Crippen molar-refractivity contribution < 1.29 is 14.2 Å². The van der Waals surface area contributed by atoms with Crippen molar-refractivity contribution in [2.24, 2.45) is 0 Å². The maximum atomic E-state index is 6.10. The number of ether oxygens (including phenoxy) is 3. The van der Waals surface area contributed by atoms with E-state index < -0.39 is 0 Å². The SMILES string of the molecule is C/C=C/c1ccc(OCCCCn2c(COc3ccccc3C)nc3ccccc32)c(OC)c1. The Balaban J connectivity index is 1.37. The van der Waals surface area contributed by atoms with Crippen LogP contribution >= 0.6 is 0 Å². The molecule has 0 unspecified atom stereocenters. The van der Waals surface area contributed by atoms with Crippen LogP contribution in [0.25, 0.3) is 17.1 Å². The van der Waals surface area contributed by atoms with Crippen LogP contribution in [0.15, 0.2) is 72.8 Å². The summed E-state index contributed by atoms with van der Waals surface area (Å²) in [5.74, 6) is 3.36. The number of unbranched alkanes of at least 4 members (excludes halogenated alkanes) is 1. The summed E-state index contributed by atoms with van der Waals surface area (Å²) in [6.45, 7) is 5.97. The largest absolute Gasteiger partial charge is 0.493 e. The summed E-state index contributed by atoms with van der Waals surface area (Å²) < 4.78 is 19.9. The zero-order valence-corrected chi connectivity index (χ0v) is 20.2. The lowest BCUT2D eigenvalue weighted by Crippen LogP contribution is -2.09. The van der Waals surface area contributed by atoms with Crippen LogP contribution in [-0.2, 0) is 13.2 Å². The van der Waals surface area contributed by atoms with Gasteiger partial charge in [-0.05, 0) is 68.1 Å². The number of aryl methyl sites for hydroxylation is 2. The molecule has 1 heterocycles. The van der Waals surface area contributed by atoms with Gasteiger partial charge in [0, 0.05) is 6.54 Å². The highest BCUT2D eigenvalue weighted by Crippen LogP contribution is 2.29. The number of aromatic nitrogens is 2. The smallest absolute Gasteiger partial charge is 0.161 e. The third-order valence-corrected chi connectivity index (χ3v) is 5.76. The average molecular weight is 457 g/mol. The Morgan fingerprint density at radius 2 is 1.71 bits per heavy atom. The van der Waals surface area contributed by atoms with Crippen LogP contribution in [0.4, 0.5) is 0 Å². The van der Waals surface area contributed by atoms with Gasteiger partial charge >= 0.3 is 0 Å². The molecular weight excluding hydrogens is 424 g/mol. The van der Waals surface area contributed by atoms with E-state index in [4.69, 9.17) is 19.2 Å². The molecule has 0 N–H and O–H groups in total. The number of para-hydroxylation sites is 3. The Hall–Kier alpha value is -3.73. The number of hydrogen-bond donors (Lipinski definition) is 0. The fraction of sp³-hybridized carbons (Fsp3) is 0.276. The molecule has 34 heavy (non-hydrogen) atoms. The molecular formula is C29H32N2O3. The molecule has 4 rings (SSSR count). The minimum Gasteiger partial charge on any atom is -0.493 e. The van der Waals surface area contributed by atoms with Gasteiger partial charge in [0.25, 0.3) is 0 Å². The predicted molar refractivity (Wildman–Crippen MR) is 138 cm³/mol. The van der Waals surface area contributed by atoms with Gasteiger partial charge in [0.1, 0.15) is 18.2 Å². The second kappa shape index (κ2) is 11.4. The van der Waals surface area contributed by atoms with Crippen molar-refractivity contribution in [3.63, 3.8) is 0 Å². The van der Waals surface area contributed by atoms with Gasteiger partial charge in [-0.25, -0.2) is 4.98 Å². The van der Waals surface area contributed by atoms with Crippen LogP contribution in [0.1, 0.15) is 36.7 Å². The van der Waals surface area contributed by atoms with Gasteiger partial charge in [-0.1, -0.05) is 48.6 Å². The zero-order chi connectivity index (χ0) is 23.8. The number of imidazole rings is 1. The van der Waals surface area contributed by atoms with E-state index in [0.29, 0.717) is 13.2 Å². The van der Waals surface area contributed by atoms with Gasteiger partial charge in [0.15, 0.2) is 11.5 Å². The van der Waals surface area contributed by atoms with E-state index in [0.717, 1.165) is 64.6 Å². The van der Waals surface area contributed by atoms with E-state index in [1.165, 1.54) is 0 Å². The van der Waals surface area contributed by atoms with E-state index in [1.807, 2.05) is 61.5 Å². The molecule has 0 aliphatic carbocycles. The molecule has 0 amide bonds. The Morgan fingerprint density at radius 3 is 2.53 bits per heavy atom. The Labute approximate surface area is 201 Å². The lowest BCUT2D eigenvalue weighted by molar-refractivity contribution is 0.277. The standard InChI is InChI=1S/C29H32N2O3/c1-4-11-23-16-17-27(28(20-23)32-3)33-19-10-9-18-31-25-14-7-6-13-24(25)30-29(31)21-34-26-15-8-5-12-22(26)2/h4-8,11-17,20H,9-10,18-19,21H2,1-3H3/b11-4+. The molecule has 0 saturated carbocycles. The lowest BCUT2D eigenvalue weighted by Gasteiger charge is -2.13. The quantitative estimate of drug-likeness (QED) is 0.232. The molecule has 176 valence electrons. The number of allylic oxidation sites excluding steroid dienone is 1. The van der Waals surface area contributed by atoms with E-state index in [-0.39, 0.29) is 0 Å². The third kappa shape index (κ3) is 5.60. The molecule has 0 fully saturated rings.